The van der Waals surface area contributed by atoms with E-state index in [4.69, 9.17) is 0 Å². The number of rotatable bonds is 2. The van der Waals surface area contributed by atoms with Crippen LogP contribution in [0.4, 0.5) is 13.2 Å². The third kappa shape index (κ3) is 2.22. The Morgan fingerprint density at radius 2 is 1.53 bits per heavy atom. The van der Waals surface area contributed by atoms with Crippen molar-refractivity contribution in [3.63, 3.8) is 0 Å². The molecule has 2 aromatic carbocycles. The smallest absolute Gasteiger partial charge is 0.166 e. The summed E-state index contributed by atoms with van der Waals surface area (Å²) in [5.41, 5.74) is 0.619. The average molecular weight is 301 g/mol. The number of halogens is 4. The Morgan fingerprint density at radius 3 is 2.24 bits per heavy atom. The molecule has 0 unspecified atom stereocenters. The summed E-state index contributed by atoms with van der Waals surface area (Å²) in [4.78, 5) is 0. The molecule has 0 aliphatic rings. The average Bonchev–Trinajstić information content (AvgIpc) is 2.33. The van der Waals surface area contributed by atoms with E-state index in [1.54, 1.807) is 6.07 Å². The van der Waals surface area contributed by atoms with E-state index in [9.17, 15) is 13.2 Å². The van der Waals surface area contributed by atoms with Gasteiger partial charge in [-0.1, -0.05) is 40.2 Å². The summed E-state index contributed by atoms with van der Waals surface area (Å²) in [6.45, 7) is 0. The van der Waals surface area contributed by atoms with Crippen molar-refractivity contribution in [2.75, 3.05) is 0 Å². The van der Waals surface area contributed by atoms with Gasteiger partial charge in [-0.3, -0.25) is 0 Å². The van der Waals surface area contributed by atoms with Gasteiger partial charge >= 0.3 is 0 Å². The third-order valence-electron chi connectivity index (χ3n) is 2.46. The maximum Gasteiger partial charge on any atom is 0.166 e. The molecule has 0 heterocycles. The van der Waals surface area contributed by atoms with Crippen molar-refractivity contribution in [3.05, 3.63) is 59.4 Å². The molecule has 4 heteroatoms. The fourth-order valence-electron chi connectivity index (χ4n) is 1.68. The van der Waals surface area contributed by atoms with Crippen LogP contribution < -0.4 is 0 Å². The maximum absolute atomic E-state index is 13.7. The highest BCUT2D eigenvalue weighted by Crippen LogP contribution is 2.31. The molecule has 17 heavy (non-hydrogen) atoms. The molecular formula is C13H8BrF3. The second-order valence-corrected chi connectivity index (χ2v) is 4.07. The standard InChI is InChI=1S/C13H8BrF3/c14-7-8-3-1-5-10(15)12(8)9-4-2-6-11(16)13(9)17/h1-6H,7H2. The monoisotopic (exact) mass is 300 g/mol. The van der Waals surface area contributed by atoms with Crippen LogP contribution in [-0.4, -0.2) is 0 Å². The molecule has 0 saturated heterocycles. The molecule has 0 amide bonds. The van der Waals surface area contributed by atoms with Crippen molar-refractivity contribution in [1.29, 1.82) is 0 Å². The van der Waals surface area contributed by atoms with Gasteiger partial charge in [-0.05, 0) is 17.7 Å². The van der Waals surface area contributed by atoms with Crippen LogP contribution in [-0.2, 0) is 5.33 Å². The highest BCUT2D eigenvalue weighted by Gasteiger charge is 2.16. The van der Waals surface area contributed by atoms with Crippen molar-refractivity contribution >= 4 is 15.9 Å². The van der Waals surface area contributed by atoms with E-state index in [0.717, 1.165) is 6.07 Å². The van der Waals surface area contributed by atoms with Crippen LogP contribution in [0.1, 0.15) is 5.56 Å². The molecular weight excluding hydrogens is 293 g/mol. The lowest BCUT2D eigenvalue weighted by atomic mass is 9.99. The zero-order chi connectivity index (χ0) is 12.4. The summed E-state index contributed by atoms with van der Waals surface area (Å²) in [6, 6.07) is 8.16. The molecule has 0 N–H and O–H groups in total. The highest BCUT2D eigenvalue weighted by atomic mass is 79.9. The van der Waals surface area contributed by atoms with E-state index in [1.807, 2.05) is 0 Å². The largest absolute Gasteiger partial charge is 0.206 e. The summed E-state index contributed by atoms with van der Waals surface area (Å²) in [5, 5.41) is 0.371. The number of hydrogen-bond acceptors (Lipinski definition) is 0. The van der Waals surface area contributed by atoms with Crippen LogP contribution >= 0.6 is 15.9 Å². The van der Waals surface area contributed by atoms with Crippen LogP contribution in [0.2, 0.25) is 0 Å². The van der Waals surface area contributed by atoms with Crippen LogP contribution in [0.5, 0.6) is 0 Å². The third-order valence-corrected chi connectivity index (χ3v) is 3.07. The molecule has 88 valence electrons. The maximum atomic E-state index is 13.7. The van der Waals surface area contributed by atoms with E-state index < -0.39 is 17.5 Å². The summed E-state index contributed by atoms with van der Waals surface area (Å²) in [6.07, 6.45) is 0. The predicted molar refractivity (Wildman–Crippen MR) is 64.4 cm³/mol. The fourth-order valence-corrected chi connectivity index (χ4v) is 2.15. The van der Waals surface area contributed by atoms with Crippen LogP contribution in [0.3, 0.4) is 0 Å². The molecule has 2 rings (SSSR count). The molecule has 0 aliphatic heterocycles. The first-order chi connectivity index (χ1) is 8.15. The van der Waals surface area contributed by atoms with Gasteiger partial charge in [0.25, 0.3) is 0 Å². The highest BCUT2D eigenvalue weighted by molar-refractivity contribution is 9.08. The first-order valence-electron chi connectivity index (χ1n) is 4.93. The quantitative estimate of drug-likeness (QED) is 0.707. The molecule has 0 aromatic heterocycles. The van der Waals surface area contributed by atoms with Gasteiger partial charge in [0.15, 0.2) is 11.6 Å². The second kappa shape index (κ2) is 4.92. The SMILES string of the molecule is Fc1cccc(-c2c(F)cccc2CBr)c1F. The van der Waals surface area contributed by atoms with Crippen molar-refractivity contribution in [2.24, 2.45) is 0 Å². The first kappa shape index (κ1) is 12.2. The zero-order valence-corrected chi connectivity index (χ0v) is 10.3. The molecule has 0 nitrogen and oxygen atoms in total. The summed E-state index contributed by atoms with van der Waals surface area (Å²) < 4.78 is 40.5. The van der Waals surface area contributed by atoms with E-state index >= 15 is 0 Å². The van der Waals surface area contributed by atoms with Crippen LogP contribution in [0.15, 0.2) is 36.4 Å². The molecule has 2 aromatic rings. The molecule has 0 radical (unpaired) electrons. The van der Waals surface area contributed by atoms with Crippen molar-refractivity contribution in [3.8, 4) is 11.1 Å². The van der Waals surface area contributed by atoms with Gasteiger partial charge in [0.2, 0.25) is 0 Å². The zero-order valence-electron chi connectivity index (χ0n) is 8.68. The van der Waals surface area contributed by atoms with E-state index in [2.05, 4.69) is 15.9 Å². The molecule has 0 spiro atoms. The fraction of sp³-hybridized carbons (Fsp3) is 0.0769. The lowest BCUT2D eigenvalue weighted by Crippen LogP contribution is -1.95. The number of alkyl halides is 1. The van der Waals surface area contributed by atoms with E-state index in [-0.39, 0.29) is 11.1 Å². The van der Waals surface area contributed by atoms with Crippen molar-refractivity contribution in [2.45, 2.75) is 5.33 Å². The number of hydrogen-bond donors (Lipinski definition) is 0. The molecule has 0 atom stereocenters. The minimum atomic E-state index is -1.03. The van der Waals surface area contributed by atoms with Gasteiger partial charge in [-0.15, -0.1) is 0 Å². The minimum Gasteiger partial charge on any atom is -0.206 e. The second-order valence-electron chi connectivity index (χ2n) is 3.51. The molecule has 0 saturated carbocycles. The summed E-state index contributed by atoms with van der Waals surface area (Å²) >= 11 is 3.20. The molecule has 0 fully saturated rings. The van der Waals surface area contributed by atoms with Gasteiger partial charge < -0.3 is 0 Å². The Labute approximate surface area is 105 Å². The van der Waals surface area contributed by atoms with Crippen LogP contribution in [0, 0.1) is 17.5 Å². The molecule has 0 bridgehead atoms. The van der Waals surface area contributed by atoms with Gasteiger partial charge in [0, 0.05) is 16.5 Å². The van der Waals surface area contributed by atoms with Crippen molar-refractivity contribution in [1.82, 2.24) is 0 Å². The Hall–Kier alpha value is -1.29. The van der Waals surface area contributed by atoms with Crippen LogP contribution in [0.25, 0.3) is 11.1 Å². The first-order valence-corrected chi connectivity index (χ1v) is 6.05. The minimum absolute atomic E-state index is 0.0578. The van der Waals surface area contributed by atoms with Crippen molar-refractivity contribution < 1.29 is 13.2 Å². The normalized spacial score (nSPS) is 10.6. The van der Waals surface area contributed by atoms with Gasteiger partial charge in [0.05, 0.1) is 0 Å². The summed E-state index contributed by atoms with van der Waals surface area (Å²) in [5.74, 6) is -2.57. The Morgan fingerprint density at radius 1 is 0.882 bits per heavy atom. The Bertz CT molecular complexity index is 552. The Kier molecular flexibility index (Phi) is 3.52. The lowest BCUT2D eigenvalue weighted by molar-refractivity contribution is 0.510. The molecule has 0 aliphatic carbocycles. The van der Waals surface area contributed by atoms with Gasteiger partial charge in [-0.2, -0.15) is 0 Å². The predicted octanol–water partition coefficient (Wildman–Crippen LogP) is 4.67. The number of benzene rings is 2. The summed E-state index contributed by atoms with van der Waals surface area (Å²) in [7, 11) is 0. The van der Waals surface area contributed by atoms with E-state index in [0.29, 0.717) is 10.9 Å². The topological polar surface area (TPSA) is 0 Å². The lowest BCUT2D eigenvalue weighted by Gasteiger charge is -2.10. The van der Waals surface area contributed by atoms with Gasteiger partial charge in [0.1, 0.15) is 5.82 Å². The van der Waals surface area contributed by atoms with Gasteiger partial charge in [-0.25, -0.2) is 13.2 Å². The Balaban J connectivity index is 2.72. The van der Waals surface area contributed by atoms with E-state index in [1.165, 1.54) is 24.3 Å².